The zero-order valence-electron chi connectivity index (χ0n) is 20.6. The van der Waals surface area contributed by atoms with Gasteiger partial charge in [-0.25, -0.2) is 9.97 Å². The first-order chi connectivity index (χ1) is 17.6. The van der Waals surface area contributed by atoms with E-state index < -0.39 is 0 Å². The summed E-state index contributed by atoms with van der Waals surface area (Å²) >= 11 is 6.57. The number of benzene rings is 1. The maximum atomic E-state index is 6.57. The minimum absolute atomic E-state index is 0.399. The number of pyridine rings is 1. The average Bonchev–Trinajstić information content (AvgIpc) is 3.58. The van der Waals surface area contributed by atoms with Crippen LogP contribution in [0.1, 0.15) is 18.4 Å². The summed E-state index contributed by atoms with van der Waals surface area (Å²) in [5.74, 6) is 0.808. The molecule has 2 saturated heterocycles. The van der Waals surface area contributed by atoms with Crippen LogP contribution in [0.3, 0.4) is 0 Å². The number of piperidine rings is 1. The van der Waals surface area contributed by atoms with E-state index in [9.17, 15) is 0 Å². The minimum atomic E-state index is 0.399. The summed E-state index contributed by atoms with van der Waals surface area (Å²) in [6.07, 6.45) is 7.46. The second-order valence-electron chi connectivity index (χ2n) is 9.93. The molecule has 1 aromatic carbocycles. The van der Waals surface area contributed by atoms with Crippen LogP contribution in [-0.2, 0) is 6.54 Å². The average molecular weight is 506 g/mol. The van der Waals surface area contributed by atoms with Gasteiger partial charge in [0.15, 0.2) is 5.65 Å². The third-order valence-corrected chi connectivity index (χ3v) is 7.69. The van der Waals surface area contributed by atoms with Crippen LogP contribution in [0.2, 0.25) is 5.02 Å². The molecular weight excluding hydrogens is 474 g/mol. The Morgan fingerprint density at radius 2 is 1.83 bits per heavy atom. The van der Waals surface area contributed by atoms with Gasteiger partial charge in [0.05, 0.1) is 29.4 Å². The molecule has 4 aromatic rings. The number of fused-ring (bicyclic) bond motifs is 1. The molecule has 0 spiro atoms. The number of piperazine rings is 1. The molecule has 188 valence electrons. The molecule has 2 aliphatic rings. The molecule has 0 radical (unpaired) electrons. The molecule has 8 nitrogen and oxygen atoms in total. The van der Waals surface area contributed by atoms with Crippen molar-refractivity contribution in [3.05, 3.63) is 59.6 Å². The number of nitrogens with zero attached hydrogens (tertiary/aromatic N) is 5. The molecule has 2 aliphatic heterocycles. The van der Waals surface area contributed by atoms with E-state index in [1.54, 1.807) is 12.5 Å². The molecule has 0 saturated carbocycles. The summed E-state index contributed by atoms with van der Waals surface area (Å²) in [4.78, 5) is 20.0. The van der Waals surface area contributed by atoms with Crippen LogP contribution in [0.25, 0.3) is 22.6 Å². The van der Waals surface area contributed by atoms with Crippen molar-refractivity contribution in [1.82, 2.24) is 24.8 Å². The van der Waals surface area contributed by atoms with Gasteiger partial charge >= 0.3 is 0 Å². The molecular formula is C27H32ClN7O. The molecule has 5 heterocycles. The van der Waals surface area contributed by atoms with Crippen LogP contribution < -0.4 is 10.2 Å². The lowest BCUT2D eigenvalue weighted by atomic mass is 10.1. The molecule has 9 heteroatoms. The SMILES string of the molecule is CN1CCC(Nc2c(Cl)cnc3nc(-c4ccc(N5CCN(Cc6ccoc6)CC5)cc4)[nH]c23)CC1. The Bertz CT molecular complexity index is 1290. The van der Waals surface area contributed by atoms with E-state index in [-0.39, 0.29) is 0 Å². The fraction of sp³-hybridized carbons (Fsp3) is 0.407. The highest BCUT2D eigenvalue weighted by atomic mass is 35.5. The maximum absolute atomic E-state index is 6.57. The molecule has 0 bridgehead atoms. The quantitative estimate of drug-likeness (QED) is 0.393. The summed E-state index contributed by atoms with van der Waals surface area (Å²) in [7, 11) is 2.17. The van der Waals surface area contributed by atoms with Crippen LogP contribution in [0.15, 0.2) is 53.5 Å². The fourth-order valence-electron chi connectivity index (χ4n) is 5.20. The summed E-state index contributed by atoms with van der Waals surface area (Å²) in [5, 5.41) is 4.29. The number of aromatic nitrogens is 3. The zero-order valence-corrected chi connectivity index (χ0v) is 21.3. The van der Waals surface area contributed by atoms with Gasteiger partial charge in [-0.2, -0.15) is 0 Å². The van der Waals surface area contributed by atoms with Crippen molar-refractivity contribution in [2.24, 2.45) is 0 Å². The van der Waals surface area contributed by atoms with Crippen LogP contribution in [0, 0.1) is 0 Å². The summed E-state index contributed by atoms with van der Waals surface area (Å²) in [5.41, 5.74) is 5.97. The van der Waals surface area contributed by atoms with Crippen molar-refractivity contribution < 1.29 is 4.42 Å². The molecule has 6 rings (SSSR count). The van der Waals surface area contributed by atoms with Crippen molar-refractivity contribution in [2.75, 3.05) is 56.5 Å². The van der Waals surface area contributed by atoms with E-state index in [1.165, 1.54) is 11.3 Å². The topological polar surface area (TPSA) is 76.5 Å². The van der Waals surface area contributed by atoms with Crippen molar-refractivity contribution in [1.29, 1.82) is 0 Å². The summed E-state index contributed by atoms with van der Waals surface area (Å²) in [6.45, 7) is 7.22. The number of likely N-dealkylation sites (tertiary alicyclic amines) is 1. The predicted octanol–water partition coefficient (Wildman–Crippen LogP) is 4.70. The van der Waals surface area contributed by atoms with Gasteiger partial charge in [-0.15, -0.1) is 0 Å². The van der Waals surface area contributed by atoms with Gasteiger partial charge in [0.1, 0.15) is 11.3 Å². The molecule has 0 amide bonds. The maximum Gasteiger partial charge on any atom is 0.180 e. The number of hydrogen-bond donors (Lipinski definition) is 2. The van der Waals surface area contributed by atoms with Crippen LogP contribution in [0.5, 0.6) is 0 Å². The highest BCUT2D eigenvalue weighted by Crippen LogP contribution is 2.32. The Morgan fingerprint density at radius 3 is 2.56 bits per heavy atom. The summed E-state index contributed by atoms with van der Waals surface area (Å²) < 4.78 is 5.20. The fourth-order valence-corrected chi connectivity index (χ4v) is 5.40. The van der Waals surface area contributed by atoms with Crippen molar-refractivity contribution in [2.45, 2.75) is 25.4 Å². The van der Waals surface area contributed by atoms with Crippen molar-refractivity contribution in [3.63, 3.8) is 0 Å². The standard InChI is InChI=1S/C27H32ClN7O/c1-33-9-6-21(7-10-33)30-24-23(28)16-29-27-25(24)31-26(32-27)20-2-4-22(5-3-20)35-13-11-34(12-14-35)17-19-8-15-36-18-19/h2-5,8,15-16,18,21H,6-7,9-14,17H2,1H3,(H2,29,30,31,32). The Labute approximate surface area is 216 Å². The zero-order chi connectivity index (χ0) is 24.5. The van der Waals surface area contributed by atoms with E-state index in [0.717, 1.165) is 81.2 Å². The minimum Gasteiger partial charge on any atom is -0.472 e. The number of nitrogens with one attached hydrogen (secondary N) is 2. The van der Waals surface area contributed by atoms with E-state index in [4.69, 9.17) is 21.0 Å². The third kappa shape index (κ3) is 4.93. The lowest BCUT2D eigenvalue weighted by molar-refractivity contribution is 0.249. The lowest BCUT2D eigenvalue weighted by Crippen LogP contribution is -2.45. The molecule has 0 atom stereocenters. The predicted molar refractivity (Wildman–Crippen MR) is 145 cm³/mol. The van der Waals surface area contributed by atoms with E-state index in [0.29, 0.717) is 16.7 Å². The Morgan fingerprint density at radius 1 is 1.06 bits per heavy atom. The smallest absolute Gasteiger partial charge is 0.180 e. The Hall–Kier alpha value is -3.07. The first-order valence-corrected chi connectivity index (χ1v) is 13.1. The number of furan rings is 1. The molecule has 0 aliphatic carbocycles. The van der Waals surface area contributed by atoms with Gasteiger partial charge < -0.3 is 24.5 Å². The lowest BCUT2D eigenvalue weighted by Gasteiger charge is -2.36. The second-order valence-corrected chi connectivity index (χ2v) is 10.3. The molecule has 2 N–H and O–H groups in total. The van der Waals surface area contributed by atoms with Gasteiger partial charge in [-0.05, 0) is 63.3 Å². The number of aromatic amines is 1. The second kappa shape index (κ2) is 10.1. The van der Waals surface area contributed by atoms with Gasteiger partial charge in [0, 0.05) is 55.6 Å². The molecule has 2 fully saturated rings. The first kappa shape index (κ1) is 23.3. The molecule has 0 unspecified atom stereocenters. The van der Waals surface area contributed by atoms with Gasteiger partial charge in [-0.3, -0.25) is 4.90 Å². The van der Waals surface area contributed by atoms with Crippen LogP contribution in [-0.4, -0.2) is 77.1 Å². The molecule has 36 heavy (non-hydrogen) atoms. The third-order valence-electron chi connectivity index (χ3n) is 7.41. The number of hydrogen-bond acceptors (Lipinski definition) is 7. The molecule has 3 aromatic heterocycles. The van der Waals surface area contributed by atoms with E-state index in [2.05, 4.69) is 61.3 Å². The van der Waals surface area contributed by atoms with Crippen molar-refractivity contribution >= 4 is 34.1 Å². The number of rotatable bonds is 6. The highest BCUT2D eigenvalue weighted by Gasteiger charge is 2.21. The summed E-state index contributed by atoms with van der Waals surface area (Å²) in [6, 6.07) is 11.1. The Kier molecular flexibility index (Phi) is 6.56. The normalized spacial score (nSPS) is 18.2. The van der Waals surface area contributed by atoms with Gasteiger partial charge in [0.25, 0.3) is 0 Å². The number of halogens is 1. The largest absolute Gasteiger partial charge is 0.472 e. The first-order valence-electron chi connectivity index (χ1n) is 12.7. The monoisotopic (exact) mass is 505 g/mol. The van der Waals surface area contributed by atoms with Gasteiger partial charge in [-0.1, -0.05) is 11.6 Å². The van der Waals surface area contributed by atoms with E-state index in [1.807, 2.05) is 12.3 Å². The van der Waals surface area contributed by atoms with Crippen molar-refractivity contribution in [3.8, 4) is 11.4 Å². The highest BCUT2D eigenvalue weighted by molar-refractivity contribution is 6.34. The number of H-pyrrole nitrogens is 1. The van der Waals surface area contributed by atoms with Crippen LogP contribution in [0.4, 0.5) is 11.4 Å². The van der Waals surface area contributed by atoms with Gasteiger partial charge in [0.2, 0.25) is 0 Å². The Balaban J connectivity index is 1.14. The number of anilines is 2. The van der Waals surface area contributed by atoms with Crippen LogP contribution >= 0.6 is 11.6 Å². The van der Waals surface area contributed by atoms with E-state index >= 15 is 0 Å². The number of imidazole rings is 1.